The summed E-state index contributed by atoms with van der Waals surface area (Å²) in [7, 11) is 1.38. The highest BCUT2D eigenvalue weighted by Gasteiger charge is 2.32. The molecule has 0 aromatic rings. The number of nitrogens with two attached hydrogens (primary N) is 1. The number of likely N-dealkylation sites (tertiary alicyclic amines) is 1. The smallest absolute Gasteiger partial charge is 0.310 e. The summed E-state index contributed by atoms with van der Waals surface area (Å²) in [6.07, 6.45) is 2.49. The van der Waals surface area contributed by atoms with Gasteiger partial charge in [0.1, 0.15) is 0 Å². The van der Waals surface area contributed by atoms with Crippen LogP contribution in [0.3, 0.4) is 0 Å². The van der Waals surface area contributed by atoms with Crippen LogP contribution in [0, 0.1) is 11.8 Å². The molecule has 5 heteroatoms. The zero-order valence-electron chi connectivity index (χ0n) is 11.5. The highest BCUT2D eigenvalue weighted by Crippen LogP contribution is 2.19. The van der Waals surface area contributed by atoms with Crippen molar-refractivity contribution in [2.75, 3.05) is 20.2 Å². The minimum atomic E-state index is -0.466. The largest absolute Gasteiger partial charge is 0.469 e. The van der Waals surface area contributed by atoms with Crippen LogP contribution in [0.2, 0.25) is 0 Å². The van der Waals surface area contributed by atoms with Gasteiger partial charge in [0.2, 0.25) is 5.91 Å². The average Bonchev–Trinajstić information content (AvgIpc) is 2.43. The summed E-state index contributed by atoms with van der Waals surface area (Å²) in [5.41, 5.74) is 5.95. The highest BCUT2D eigenvalue weighted by molar-refractivity contribution is 5.83. The summed E-state index contributed by atoms with van der Waals surface area (Å²) in [4.78, 5) is 25.4. The van der Waals surface area contributed by atoms with Crippen molar-refractivity contribution in [2.24, 2.45) is 17.6 Å². The second-order valence-electron chi connectivity index (χ2n) is 5.06. The van der Waals surface area contributed by atoms with Crippen LogP contribution in [0.15, 0.2) is 0 Å². The summed E-state index contributed by atoms with van der Waals surface area (Å²) in [5, 5.41) is 0. The lowest BCUT2D eigenvalue weighted by Crippen LogP contribution is -2.51. The first-order valence-electron chi connectivity index (χ1n) is 6.63. The van der Waals surface area contributed by atoms with Crippen LogP contribution in [0.1, 0.15) is 33.1 Å². The molecule has 1 amide bonds. The predicted octanol–water partition coefficient (Wildman–Crippen LogP) is 0.771. The molecule has 104 valence electrons. The number of methoxy groups -OCH3 is 1. The van der Waals surface area contributed by atoms with Gasteiger partial charge in [-0.3, -0.25) is 9.59 Å². The molecule has 1 aliphatic heterocycles. The number of amides is 1. The molecule has 0 aliphatic carbocycles. The van der Waals surface area contributed by atoms with Crippen molar-refractivity contribution in [1.82, 2.24) is 4.90 Å². The molecule has 1 heterocycles. The van der Waals surface area contributed by atoms with Crippen molar-refractivity contribution in [3.05, 3.63) is 0 Å². The van der Waals surface area contributed by atoms with Gasteiger partial charge >= 0.3 is 5.97 Å². The Bertz CT molecular complexity index is 307. The van der Waals surface area contributed by atoms with Gasteiger partial charge in [-0.2, -0.15) is 0 Å². The lowest BCUT2D eigenvalue weighted by Gasteiger charge is -2.34. The van der Waals surface area contributed by atoms with E-state index >= 15 is 0 Å². The van der Waals surface area contributed by atoms with E-state index in [9.17, 15) is 9.59 Å². The minimum absolute atomic E-state index is 0.0436. The maximum absolute atomic E-state index is 12.2. The number of piperidine rings is 1. The number of carbonyl (C=O) groups excluding carboxylic acids is 2. The van der Waals surface area contributed by atoms with E-state index in [1.807, 2.05) is 13.8 Å². The molecule has 0 bridgehead atoms. The Morgan fingerprint density at radius 3 is 2.72 bits per heavy atom. The molecule has 0 radical (unpaired) electrons. The zero-order valence-corrected chi connectivity index (χ0v) is 11.5. The summed E-state index contributed by atoms with van der Waals surface area (Å²) in [6, 6.07) is -0.466. The van der Waals surface area contributed by atoms with Crippen LogP contribution in [-0.2, 0) is 14.3 Å². The van der Waals surface area contributed by atoms with Gasteiger partial charge in [-0.1, -0.05) is 20.3 Å². The van der Waals surface area contributed by atoms with E-state index in [0.717, 1.165) is 19.3 Å². The van der Waals surface area contributed by atoms with E-state index in [-0.39, 0.29) is 23.7 Å². The second-order valence-corrected chi connectivity index (χ2v) is 5.06. The van der Waals surface area contributed by atoms with Crippen LogP contribution in [0.4, 0.5) is 0 Å². The molecular weight excluding hydrogens is 232 g/mol. The van der Waals surface area contributed by atoms with Crippen LogP contribution < -0.4 is 5.73 Å². The first kappa shape index (κ1) is 15.0. The Hall–Kier alpha value is -1.10. The van der Waals surface area contributed by atoms with Crippen molar-refractivity contribution in [1.29, 1.82) is 0 Å². The third kappa shape index (κ3) is 3.45. The van der Waals surface area contributed by atoms with Gasteiger partial charge in [0.25, 0.3) is 0 Å². The zero-order chi connectivity index (χ0) is 13.7. The SMILES string of the molecule is CCC(C)C(N)C(=O)N1CCCC(C(=O)OC)C1. The Balaban J connectivity index is 2.61. The highest BCUT2D eigenvalue weighted by atomic mass is 16.5. The molecule has 0 saturated carbocycles. The Morgan fingerprint density at radius 2 is 2.17 bits per heavy atom. The monoisotopic (exact) mass is 256 g/mol. The Labute approximate surface area is 109 Å². The molecule has 0 aromatic carbocycles. The molecule has 2 N–H and O–H groups in total. The molecule has 0 spiro atoms. The van der Waals surface area contributed by atoms with Crippen molar-refractivity contribution in [2.45, 2.75) is 39.2 Å². The Morgan fingerprint density at radius 1 is 1.50 bits per heavy atom. The first-order chi connectivity index (χ1) is 8.51. The number of carbonyl (C=O) groups is 2. The normalized spacial score (nSPS) is 23.3. The van der Waals surface area contributed by atoms with Crippen LogP contribution in [0.5, 0.6) is 0 Å². The van der Waals surface area contributed by atoms with E-state index < -0.39 is 6.04 Å². The van der Waals surface area contributed by atoms with E-state index in [2.05, 4.69) is 0 Å². The van der Waals surface area contributed by atoms with Gasteiger partial charge < -0.3 is 15.4 Å². The van der Waals surface area contributed by atoms with Gasteiger partial charge in [0.05, 0.1) is 19.1 Å². The molecule has 18 heavy (non-hydrogen) atoms. The van der Waals surface area contributed by atoms with Gasteiger partial charge in [-0.05, 0) is 18.8 Å². The number of esters is 1. The Kier molecular flexibility index (Phi) is 5.59. The predicted molar refractivity (Wildman–Crippen MR) is 68.8 cm³/mol. The van der Waals surface area contributed by atoms with Crippen molar-refractivity contribution in [3.63, 3.8) is 0 Å². The molecule has 1 fully saturated rings. The van der Waals surface area contributed by atoms with E-state index in [0.29, 0.717) is 13.1 Å². The molecule has 3 atom stereocenters. The second kappa shape index (κ2) is 6.73. The van der Waals surface area contributed by atoms with Crippen molar-refractivity contribution in [3.8, 4) is 0 Å². The maximum atomic E-state index is 12.2. The fourth-order valence-corrected chi connectivity index (χ4v) is 2.24. The van der Waals surface area contributed by atoms with E-state index in [4.69, 9.17) is 10.5 Å². The molecule has 0 aromatic heterocycles. The number of ether oxygens (including phenoxy) is 1. The summed E-state index contributed by atoms with van der Waals surface area (Å²) < 4.78 is 4.74. The molecule has 1 saturated heterocycles. The molecule has 1 aliphatic rings. The van der Waals surface area contributed by atoms with Gasteiger partial charge in [-0.25, -0.2) is 0 Å². The minimum Gasteiger partial charge on any atom is -0.469 e. The standard InChI is InChI=1S/C13H24N2O3/c1-4-9(2)11(14)12(16)15-7-5-6-10(8-15)13(17)18-3/h9-11H,4-8,14H2,1-3H3. The lowest BCUT2D eigenvalue weighted by atomic mass is 9.94. The van der Waals surface area contributed by atoms with Crippen molar-refractivity contribution >= 4 is 11.9 Å². The molecular formula is C13H24N2O3. The topological polar surface area (TPSA) is 72.6 Å². The molecule has 1 rings (SSSR count). The van der Waals surface area contributed by atoms with Crippen molar-refractivity contribution < 1.29 is 14.3 Å². The first-order valence-corrected chi connectivity index (χ1v) is 6.63. The van der Waals surface area contributed by atoms with Crippen LogP contribution >= 0.6 is 0 Å². The summed E-state index contributed by atoms with van der Waals surface area (Å²) >= 11 is 0. The van der Waals surface area contributed by atoms with Crippen LogP contribution in [0.25, 0.3) is 0 Å². The fraction of sp³-hybridized carbons (Fsp3) is 0.846. The third-order valence-corrected chi connectivity index (χ3v) is 3.81. The number of hydrogen-bond acceptors (Lipinski definition) is 4. The van der Waals surface area contributed by atoms with Gasteiger partial charge in [0, 0.05) is 13.1 Å². The maximum Gasteiger partial charge on any atom is 0.310 e. The average molecular weight is 256 g/mol. The van der Waals surface area contributed by atoms with Gasteiger partial charge in [0.15, 0.2) is 0 Å². The lowest BCUT2D eigenvalue weighted by molar-refractivity contribution is -0.149. The van der Waals surface area contributed by atoms with E-state index in [1.54, 1.807) is 4.90 Å². The fourth-order valence-electron chi connectivity index (χ4n) is 2.24. The van der Waals surface area contributed by atoms with Gasteiger partial charge in [-0.15, -0.1) is 0 Å². The third-order valence-electron chi connectivity index (χ3n) is 3.81. The summed E-state index contributed by atoms with van der Waals surface area (Å²) in [5.74, 6) is -0.310. The molecule has 5 nitrogen and oxygen atoms in total. The summed E-state index contributed by atoms with van der Waals surface area (Å²) in [6.45, 7) is 5.13. The van der Waals surface area contributed by atoms with Crippen LogP contribution in [-0.4, -0.2) is 43.0 Å². The number of nitrogens with zero attached hydrogens (tertiary/aromatic N) is 1. The number of hydrogen-bond donors (Lipinski definition) is 1. The quantitative estimate of drug-likeness (QED) is 0.754. The van der Waals surface area contributed by atoms with E-state index in [1.165, 1.54) is 7.11 Å². The molecule has 3 unspecified atom stereocenters. The number of rotatable bonds is 4.